The number of nitrogens with zero attached hydrogens (tertiary/aromatic N) is 2. The van der Waals surface area contributed by atoms with Crippen LogP contribution in [0.1, 0.15) is 18.1 Å². The summed E-state index contributed by atoms with van der Waals surface area (Å²) in [6, 6.07) is 13.1. The van der Waals surface area contributed by atoms with Gasteiger partial charge in [-0.1, -0.05) is 41.4 Å². The molecule has 0 radical (unpaired) electrons. The summed E-state index contributed by atoms with van der Waals surface area (Å²) in [7, 11) is 1.29. The van der Waals surface area contributed by atoms with Crippen molar-refractivity contribution in [1.29, 1.82) is 0 Å². The number of rotatable bonds is 6. The van der Waals surface area contributed by atoms with E-state index in [1.54, 1.807) is 31.2 Å². The Hall–Kier alpha value is -3.33. The first-order chi connectivity index (χ1) is 12.6. The average molecular weight is 354 g/mol. The number of hydrogen-bond donors (Lipinski definition) is 0. The number of oxime groups is 1. The van der Waals surface area contributed by atoms with Crippen molar-refractivity contribution in [2.75, 3.05) is 18.6 Å². The monoisotopic (exact) mass is 354 g/mol. The number of hydrogen-bond acceptors (Lipinski definition) is 4. The molecule has 0 aliphatic carbocycles. The molecule has 0 spiro atoms. The van der Waals surface area contributed by atoms with Crippen molar-refractivity contribution in [2.45, 2.75) is 13.5 Å². The average Bonchev–Trinajstić information content (AvgIpc) is 2.66. The molecule has 26 heavy (non-hydrogen) atoms. The highest BCUT2D eigenvalue weighted by molar-refractivity contribution is 5.98. The Bertz CT molecular complexity index is 826. The molecule has 0 saturated carbocycles. The van der Waals surface area contributed by atoms with Crippen LogP contribution in [-0.2, 0) is 16.2 Å². The van der Waals surface area contributed by atoms with E-state index >= 15 is 0 Å². The third kappa shape index (κ3) is 4.84. The number of amides is 1. The highest BCUT2D eigenvalue weighted by atomic mass is 19.1. The normalized spacial score (nSPS) is 10.8. The highest BCUT2D eigenvalue weighted by Gasteiger charge is 2.18. The molecule has 6 heteroatoms. The summed E-state index contributed by atoms with van der Waals surface area (Å²) in [4.78, 5) is 18.7. The van der Waals surface area contributed by atoms with Crippen molar-refractivity contribution in [1.82, 2.24) is 0 Å². The van der Waals surface area contributed by atoms with Gasteiger partial charge in [0.25, 0.3) is 0 Å². The Morgan fingerprint density at radius 3 is 2.58 bits per heavy atom. The second-order valence-electron chi connectivity index (χ2n) is 5.35. The van der Waals surface area contributed by atoms with Crippen LogP contribution in [-0.4, -0.2) is 25.5 Å². The van der Waals surface area contributed by atoms with Crippen LogP contribution in [0.2, 0.25) is 0 Å². The third-order valence-electron chi connectivity index (χ3n) is 3.61. The second kappa shape index (κ2) is 9.23. The molecule has 2 aromatic rings. The van der Waals surface area contributed by atoms with E-state index in [4.69, 9.17) is 16.0 Å². The zero-order valence-corrected chi connectivity index (χ0v) is 14.6. The summed E-state index contributed by atoms with van der Waals surface area (Å²) in [6.07, 6.45) is 4.79. The fraction of sp³-hybridized carbons (Fsp3) is 0.200. The Balaban J connectivity index is 2.15. The zero-order chi connectivity index (χ0) is 18.9. The van der Waals surface area contributed by atoms with E-state index in [-0.39, 0.29) is 19.0 Å². The lowest BCUT2D eigenvalue weighted by Crippen LogP contribution is -2.31. The summed E-state index contributed by atoms with van der Waals surface area (Å²) in [5, 5.41) is 4.05. The minimum Gasteiger partial charge on any atom is -0.452 e. The van der Waals surface area contributed by atoms with Gasteiger partial charge in [-0.15, -0.1) is 6.42 Å². The summed E-state index contributed by atoms with van der Waals surface area (Å²) in [5.41, 5.74) is 2.68. The van der Waals surface area contributed by atoms with E-state index in [0.29, 0.717) is 11.4 Å². The molecule has 134 valence electrons. The van der Waals surface area contributed by atoms with Gasteiger partial charge in [-0.3, -0.25) is 4.90 Å². The number of carbonyl (C=O) groups is 1. The molecule has 0 N–H and O–H groups in total. The summed E-state index contributed by atoms with van der Waals surface area (Å²) in [5.74, 6) is 2.12. The maximum absolute atomic E-state index is 13.0. The van der Waals surface area contributed by atoms with Gasteiger partial charge in [-0.25, -0.2) is 9.18 Å². The molecule has 0 heterocycles. The quantitative estimate of drug-likeness (QED) is 0.448. The van der Waals surface area contributed by atoms with Gasteiger partial charge in [-0.05, 0) is 30.7 Å². The minimum atomic E-state index is -0.554. The van der Waals surface area contributed by atoms with E-state index in [0.717, 1.165) is 11.1 Å². The SMILES string of the molecule is C#CCN(C(=O)OC)c1ccccc1CON=C(C)c1ccc(F)cc1. The summed E-state index contributed by atoms with van der Waals surface area (Å²) < 4.78 is 17.8. The van der Waals surface area contributed by atoms with Crippen molar-refractivity contribution >= 4 is 17.5 Å². The second-order valence-corrected chi connectivity index (χ2v) is 5.35. The standard InChI is InChI=1S/C20H19FN2O3/c1-4-13-23(20(24)25-3)19-8-6-5-7-17(19)14-26-22-15(2)16-9-11-18(21)12-10-16/h1,5-12H,13-14H2,2-3H3. The number of methoxy groups -OCH3 is 1. The molecular formula is C20H19FN2O3. The maximum Gasteiger partial charge on any atom is 0.414 e. The number of halogens is 1. The van der Waals surface area contributed by atoms with E-state index in [1.165, 1.54) is 24.1 Å². The van der Waals surface area contributed by atoms with Crippen molar-refractivity contribution in [3.63, 3.8) is 0 Å². The highest BCUT2D eigenvalue weighted by Crippen LogP contribution is 2.22. The molecule has 0 fully saturated rings. The zero-order valence-electron chi connectivity index (χ0n) is 14.6. The Morgan fingerprint density at radius 2 is 1.92 bits per heavy atom. The molecular weight excluding hydrogens is 335 g/mol. The van der Waals surface area contributed by atoms with Crippen LogP contribution in [0.25, 0.3) is 0 Å². The van der Waals surface area contributed by atoms with Gasteiger partial charge in [0.1, 0.15) is 12.4 Å². The number of para-hydroxylation sites is 1. The molecule has 5 nitrogen and oxygen atoms in total. The fourth-order valence-electron chi connectivity index (χ4n) is 2.29. The fourth-order valence-corrected chi connectivity index (χ4v) is 2.29. The molecule has 0 bridgehead atoms. The van der Waals surface area contributed by atoms with Crippen molar-refractivity contribution in [3.8, 4) is 12.3 Å². The Kier molecular flexibility index (Phi) is 6.75. The van der Waals surface area contributed by atoms with Crippen LogP contribution in [0.5, 0.6) is 0 Å². The van der Waals surface area contributed by atoms with E-state index in [9.17, 15) is 9.18 Å². The molecule has 0 aliphatic rings. The van der Waals surface area contributed by atoms with Gasteiger partial charge in [0, 0.05) is 5.56 Å². The Labute approximate surface area is 152 Å². The molecule has 0 aliphatic heterocycles. The van der Waals surface area contributed by atoms with E-state index in [2.05, 4.69) is 11.1 Å². The van der Waals surface area contributed by atoms with Gasteiger partial charge in [0.15, 0.2) is 0 Å². The first-order valence-corrected chi connectivity index (χ1v) is 7.86. The lowest BCUT2D eigenvalue weighted by molar-refractivity contribution is 0.130. The molecule has 2 aromatic carbocycles. The molecule has 0 atom stereocenters. The molecule has 0 unspecified atom stereocenters. The van der Waals surface area contributed by atoms with Crippen LogP contribution in [0.15, 0.2) is 53.7 Å². The van der Waals surface area contributed by atoms with Crippen molar-refractivity contribution in [3.05, 3.63) is 65.5 Å². The first-order valence-electron chi connectivity index (χ1n) is 7.86. The van der Waals surface area contributed by atoms with Crippen LogP contribution >= 0.6 is 0 Å². The van der Waals surface area contributed by atoms with E-state index < -0.39 is 6.09 Å². The van der Waals surface area contributed by atoms with Crippen LogP contribution in [0, 0.1) is 18.2 Å². The molecule has 0 aromatic heterocycles. The summed E-state index contributed by atoms with van der Waals surface area (Å²) in [6.45, 7) is 1.96. The predicted octanol–water partition coefficient (Wildman–Crippen LogP) is 3.97. The van der Waals surface area contributed by atoms with Crippen molar-refractivity contribution < 1.29 is 18.8 Å². The smallest absolute Gasteiger partial charge is 0.414 e. The van der Waals surface area contributed by atoms with Gasteiger partial charge >= 0.3 is 6.09 Å². The van der Waals surface area contributed by atoms with Crippen LogP contribution in [0.4, 0.5) is 14.9 Å². The topological polar surface area (TPSA) is 51.1 Å². The first kappa shape index (κ1) is 19.0. The lowest BCUT2D eigenvalue weighted by Gasteiger charge is -2.21. The van der Waals surface area contributed by atoms with Crippen LogP contribution < -0.4 is 4.90 Å². The van der Waals surface area contributed by atoms with Gasteiger partial charge in [-0.2, -0.15) is 0 Å². The molecule has 0 saturated heterocycles. The van der Waals surface area contributed by atoms with Crippen molar-refractivity contribution in [2.24, 2.45) is 5.16 Å². The minimum absolute atomic E-state index is 0.0710. The van der Waals surface area contributed by atoms with Gasteiger partial charge in [0.2, 0.25) is 0 Å². The number of ether oxygens (including phenoxy) is 1. The predicted molar refractivity (Wildman–Crippen MR) is 98.4 cm³/mol. The number of benzene rings is 2. The van der Waals surface area contributed by atoms with Gasteiger partial charge < -0.3 is 9.57 Å². The molecule has 1 amide bonds. The lowest BCUT2D eigenvalue weighted by atomic mass is 10.1. The summed E-state index contributed by atoms with van der Waals surface area (Å²) >= 11 is 0. The van der Waals surface area contributed by atoms with E-state index in [1.807, 2.05) is 12.1 Å². The van der Waals surface area contributed by atoms with Crippen LogP contribution in [0.3, 0.4) is 0 Å². The third-order valence-corrected chi connectivity index (χ3v) is 3.61. The largest absolute Gasteiger partial charge is 0.452 e. The Morgan fingerprint density at radius 1 is 1.23 bits per heavy atom. The number of carbonyl (C=O) groups excluding carboxylic acids is 1. The van der Waals surface area contributed by atoms with Gasteiger partial charge in [0.05, 0.1) is 25.1 Å². The molecule has 2 rings (SSSR count). The number of terminal acetylenes is 1. The maximum atomic E-state index is 13.0. The number of anilines is 1.